The number of hydrogen-bond acceptors (Lipinski definition) is 2. The molecule has 0 aromatic rings. The van der Waals surface area contributed by atoms with Crippen molar-refractivity contribution in [3.05, 3.63) is 24.8 Å². The molecule has 0 spiro atoms. The van der Waals surface area contributed by atoms with Crippen molar-refractivity contribution in [3.8, 4) is 0 Å². The second-order valence-electron chi connectivity index (χ2n) is 3.03. The predicted octanol–water partition coefficient (Wildman–Crippen LogP) is 1.93. The lowest BCUT2D eigenvalue weighted by Crippen LogP contribution is -2.14. The van der Waals surface area contributed by atoms with Crippen LogP contribution in [0.1, 0.15) is 13.3 Å². The van der Waals surface area contributed by atoms with Gasteiger partial charge in [0, 0.05) is 12.8 Å². The van der Waals surface area contributed by atoms with Gasteiger partial charge in [-0.15, -0.1) is 6.58 Å². The van der Waals surface area contributed by atoms with Gasteiger partial charge >= 0.3 is 5.97 Å². The molecule has 0 aromatic heterocycles. The molecule has 0 fully saturated rings. The van der Waals surface area contributed by atoms with E-state index in [1.807, 2.05) is 6.08 Å². The summed E-state index contributed by atoms with van der Waals surface area (Å²) in [5, 5.41) is 0. The Balaban J connectivity index is 2.35. The number of carbonyl (C=O) groups excluding carboxylic acids is 1. The van der Waals surface area contributed by atoms with Gasteiger partial charge in [0.1, 0.15) is 0 Å². The van der Waals surface area contributed by atoms with E-state index in [2.05, 4.69) is 18.7 Å². The monoisotopic (exact) mass is 166 g/mol. The number of ether oxygens (including phenoxy) is 1. The van der Waals surface area contributed by atoms with E-state index in [0.29, 0.717) is 18.4 Å². The van der Waals surface area contributed by atoms with Crippen LogP contribution in [-0.2, 0) is 9.53 Å². The second-order valence-corrected chi connectivity index (χ2v) is 3.03. The molecular weight excluding hydrogens is 152 g/mol. The summed E-state index contributed by atoms with van der Waals surface area (Å²) >= 11 is 0. The van der Waals surface area contributed by atoms with Crippen molar-refractivity contribution in [2.24, 2.45) is 11.8 Å². The molecule has 0 heterocycles. The number of carbonyl (C=O) groups is 1. The first-order valence-corrected chi connectivity index (χ1v) is 4.16. The second kappa shape index (κ2) is 4.10. The largest absolute Gasteiger partial charge is 0.465 e. The van der Waals surface area contributed by atoms with Crippen LogP contribution in [0.3, 0.4) is 0 Å². The predicted molar refractivity (Wildman–Crippen MR) is 47.6 cm³/mol. The molecule has 0 saturated heterocycles. The summed E-state index contributed by atoms with van der Waals surface area (Å²) in [6, 6.07) is 0. The Labute approximate surface area is 72.9 Å². The first-order chi connectivity index (χ1) is 5.74. The SMILES string of the molecule is C=C[C@@H]1CC=C[C@@H]1COC(C)=O. The highest BCUT2D eigenvalue weighted by molar-refractivity contribution is 5.65. The normalized spacial score (nSPS) is 27.1. The molecule has 12 heavy (non-hydrogen) atoms. The van der Waals surface area contributed by atoms with Gasteiger partial charge in [-0.3, -0.25) is 4.79 Å². The Kier molecular flexibility index (Phi) is 3.09. The Hall–Kier alpha value is -1.05. The Bertz CT molecular complexity index is 206. The fourth-order valence-electron chi connectivity index (χ4n) is 1.39. The van der Waals surface area contributed by atoms with Crippen LogP contribution in [0.25, 0.3) is 0 Å². The average molecular weight is 166 g/mol. The lowest BCUT2D eigenvalue weighted by atomic mass is 9.97. The number of hydrogen-bond donors (Lipinski definition) is 0. The van der Waals surface area contributed by atoms with E-state index < -0.39 is 0 Å². The fraction of sp³-hybridized carbons (Fsp3) is 0.500. The van der Waals surface area contributed by atoms with Crippen molar-refractivity contribution in [1.82, 2.24) is 0 Å². The summed E-state index contributed by atoms with van der Waals surface area (Å²) in [5.74, 6) is 0.578. The van der Waals surface area contributed by atoms with E-state index >= 15 is 0 Å². The van der Waals surface area contributed by atoms with Crippen LogP contribution < -0.4 is 0 Å². The van der Waals surface area contributed by atoms with Crippen molar-refractivity contribution in [2.45, 2.75) is 13.3 Å². The summed E-state index contributed by atoms with van der Waals surface area (Å²) < 4.78 is 4.92. The number of rotatable bonds is 3. The third kappa shape index (κ3) is 2.22. The van der Waals surface area contributed by atoms with Crippen LogP contribution in [0.5, 0.6) is 0 Å². The number of allylic oxidation sites excluding steroid dienone is 2. The maximum Gasteiger partial charge on any atom is 0.302 e. The highest BCUT2D eigenvalue weighted by Gasteiger charge is 2.20. The standard InChI is InChI=1S/C10H14O2/c1-3-9-5-4-6-10(9)7-12-8(2)11/h3-4,6,9-10H,1,5,7H2,2H3/t9-,10-/m1/s1. The van der Waals surface area contributed by atoms with Crippen molar-refractivity contribution in [1.29, 1.82) is 0 Å². The minimum Gasteiger partial charge on any atom is -0.465 e. The first-order valence-electron chi connectivity index (χ1n) is 4.16. The molecule has 0 bridgehead atoms. The Morgan fingerprint density at radius 2 is 2.58 bits per heavy atom. The molecule has 0 amide bonds. The lowest BCUT2D eigenvalue weighted by Gasteiger charge is -2.14. The summed E-state index contributed by atoms with van der Waals surface area (Å²) in [7, 11) is 0. The van der Waals surface area contributed by atoms with Gasteiger partial charge in [0.05, 0.1) is 6.61 Å². The van der Waals surface area contributed by atoms with Crippen molar-refractivity contribution >= 4 is 5.97 Å². The quantitative estimate of drug-likeness (QED) is 0.473. The minimum absolute atomic E-state index is 0.210. The summed E-state index contributed by atoms with van der Waals surface area (Å²) in [6.45, 7) is 5.66. The molecular formula is C10H14O2. The minimum atomic E-state index is -0.210. The van der Waals surface area contributed by atoms with Gasteiger partial charge in [0.15, 0.2) is 0 Å². The van der Waals surface area contributed by atoms with Gasteiger partial charge in [-0.1, -0.05) is 18.2 Å². The zero-order valence-corrected chi connectivity index (χ0v) is 7.32. The third-order valence-corrected chi connectivity index (χ3v) is 2.12. The average Bonchev–Trinajstić information content (AvgIpc) is 2.47. The Morgan fingerprint density at radius 1 is 1.83 bits per heavy atom. The molecule has 1 rings (SSSR count). The van der Waals surface area contributed by atoms with Gasteiger partial charge in [-0.2, -0.15) is 0 Å². The first kappa shape index (κ1) is 9.04. The van der Waals surface area contributed by atoms with Crippen molar-refractivity contribution < 1.29 is 9.53 Å². The molecule has 2 nitrogen and oxygen atoms in total. The molecule has 0 aliphatic heterocycles. The van der Waals surface area contributed by atoms with Crippen LogP contribution in [0.15, 0.2) is 24.8 Å². The zero-order chi connectivity index (χ0) is 8.97. The van der Waals surface area contributed by atoms with E-state index in [-0.39, 0.29) is 5.97 Å². The molecule has 0 aromatic carbocycles. The number of esters is 1. The highest BCUT2D eigenvalue weighted by atomic mass is 16.5. The Morgan fingerprint density at radius 3 is 3.17 bits per heavy atom. The topological polar surface area (TPSA) is 26.3 Å². The zero-order valence-electron chi connectivity index (χ0n) is 7.32. The maximum atomic E-state index is 10.5. The third-order valence-electron chi connectivity index (χ3n) is 2.12. The van der Waals surface area contributed by atoms with Crippen LogP contribution in [0.4, 0.5) is 0 Å². The molecule has 2 heteroatoms. The molecule has 0 radical (unpaired) electrons. The molecule has 0 N–H and O–H groups in total. The molecule has 1 aliphatic carbocycles. The summed E-state index contributed by atoms with van der Waals surface area (Å²) in [4.78, 5) is 10.5. The highest BCUT2D eigenvalue weighted by Crippen LogP contribution is 2.25. The van der Waals surface area contributed by atoms with Crippen LogP contribution in [0.2, 0.25) is 0 Å². The molecule has 2 atom stereocenters. The summed E-state index contributed by atoms with van der Waals surface area (Å²) in [5.41, 5.74) is 0. The smallest absolute Gasteiger partial charge is 0.302 e. The van der Waals surface area contributed by atoms with E-state index in [4.69, 9.17) is 4.74 Å². The fourth-order valence-corrected chi connectivity index (χ4v) is 1.39. The van der Waals surface area contributed by atoms with E-state index in [1.54, 1.807) is 0 Å². The van der Waals surface area contributed by atoms with Crippen molar-refractivity contribution in [3.63, 3.8) is 0 Å². The van der Waals surface area contributed by atoms with E-state index in [0.717, 1.165) is 6.42 Å². The molecule has 66 valence electrons. The van der Waals surface area contributed by atoms with Gasteiger partial charge in [0.25, 0.3) is 0 Å². The summed E-state index contributed by atoms with van der Waals surface area (Å²) in [6.07, 6.45) is 7.15. The maximum absolute atomic E-state index is 10.5. The van der Waals surface area contributed by atoms with Gasteiger partial charge in [-0.05, 0) is 12.3 Å². The van der Waals surface area contributed by atoms with Crippen LogP contribution in [-0.4, -0.2) is 12.6 Å². The van der Waals surface area contributed by atoms with Crippen LogP contribution >= 0.6 is 0 Å². The van der Waals surface area contributed by atoms with Gasteiger partial charge < -0.3 is 4.74 Å². The van der Waals surface area contributed by atoms with Gasteiger partial charge in [-0.25, -0.2) is 0 Å². The molecule has 0 unspecified atom stereocenters. The molecule has 1 aliphatic rings. The van der Waals surface area contributed by atoms with Crippen LogP contribution in [0, 0.1) is 11.8 Å². The molecule has 0 saturated carbocycles. The van der Waals surface area contributed by atoms with E-state index in [9.17, 15) is 4.79 Å². The van der Waals surface area contributed by atoms with E-state index in [1.165, 1.54) is 6.92 Å². The lowest BCUT2D eigenvalue weighted by molar-refractivity contribution is -0.142. The van der Waals surface area contributed by atoms with Gasteiger partial charge in [0.2, 0.25) is 0 Å². The van der Waals surface area contributed by atoms with Crippen molar-refractivity contribution in [2.75, 3.05) is 6.61 Å².